The van der Waals surface area contributed by atoms with E-state index in [0.29, 0.717) is 17.8 Å². The number of carbonyl (C=O) groups excluding carboxylic acids is 2. The molecular weight excluding hydrogens is 418 g/mol. The molecule has 1 unspecified atom stereocenters. The minimum absolute atomic E-state index is 0.126. The van der Waals surface area contributed by atoms with Crippen LogP contribution < -0.4 is 10.2 Å². The molecule has 0 fully saturated rings. The summed E-state index contributed by atoms with van der Waals surface area (Å²) in [6.45, 7) is 0.430. The van der Waals surface area contributed by atoms with Crippen LogP contribution in [0.2, 0.25) is 0 Å². The van der Waals surface area contributed by atoms with Crippen molar-refractivity contribution in [3.8, 4) is 0 Å². The molecule has 0 saturated heterocycles. The van der Waals surface area contributed by atoms with E-state index in [-0.39, 0.29) is 18.2 Å². The largest absolute Gasteiger partial charge is 0.352 e. The van der Waals surface area contributed by atoms with Crippen LogP contribution in [-0.2, 0) is 11.3 Å². The summed E-state index contributed by atoms with van der Waals surface area (Å²) >= 11 is 3.43. The van der Waals surface area contributed by atoms with E-state index in [1.807, 2.05) is 54.6 Å². The standard InChI is InChI=1S/C22H18BrN3O2/c23-16-7-4-6-15(12-16)14-25-20(27)13-19-21-18(10-5-11-24-21)22(28)26(19)17-8-2-1-3-9-17/h1-12,19H,13-14H2,(H,25,27). The number of anilines is 1. The predicted molar refractivity (Wildman–Crippen MR) is 111 cm³/mol. The molecule has 0 saturated carbocycles. The molecule has 2 amide bonds. The second-order valence-corrected chi connectivity index (χ2v) is 7.49. The topological polar surface area (TPSA) is 62.3 Å². The Morgan fingerprint density at radius 3 is 2.68 bits per heavy atom. The summed E-state index contributed by atoms with van der Waals surface area (Å²) in [5.41, 5.74) is 2.96. The number of hydrogen-bond acceptors (Lipinski definition) is 3. The molecule has 1 N–H and O–H groups in total. The fourth-order valence-corrected chi connectivity index (χ4v) is 3.87. The van der Waals surface area contributed by atoms with Gasteiger partial charge in [-0.15, -0.1) is 0 Å². The first-order valence-corrected chi connectivity index (χ1v) is 9.77. The highest BCUT2D eigenvalue weighted by atomic mass is 79.9. The Labute approximate surface area is 171 Å². The molecule has 2 aromatic carbocycles. The lowest BCUT2D eigenvalue weighted by Crippen LogP contribution is -2.32. The molecule has 1 aromatic heterocycles. The maximum absolute atomic E-state index is 13.0. The second kappa shape index (κ2) is 7.94. The first-order valence-electron chi connectivity index (χ1n) is 8.98. The number of nitrogens with zero attached hydrogens (tertiary/aromatic N) is 2. The Kier molecular flexibility index (Phi) is 5.21. The Bertz CT molecular complexity index is 1020. The molecule has 1 atom stereocenters. The van der Waals surface area contributed by atoms with Crippen LogP contribution in [0.4, 0.5) is 5.69 Å². The molecule has 0 bridgehead atoms. The van der Waals surface area contributed by atoms with Gasteiger partial charge in [-0.1, -0.05) is 46.3 Å². The van der Waals surface area contributed by atoms with Crippen LogP contribution in [0.5, 0.6) is 0 Å². The number of para-hydroxylation sites is 1. The average molecular weight is 436 g/mol. The first-order chi connectivity index (χ1) is 13.6. The highest BCUT2D eigenvalue weighted by Gasteiger charge is 2.39. The zero-order valence-corrected chi connectivity index (χ0v) is 16.6. The van der Waals surface area contributed by atoms with Crippen molar-refractivity contribution < 1.29 is 9.59 Å². The van der Waals surface area contributed by atoms with Gasteiger partial charge in [-0.3, -0.25) is 19.5 Å². The number of fused-ring (bicyclic) bond motifs is 1. The van der Waals surface area contributed by atoms with Crippen molar-refractivity contribution in [2.24, 2.45) is 0 Å². The lowest BCUT2D eigenvalue weighted by Gasteiger charge is -2.24. The van der Waals surface area contributed by atoms with Gasteiger partial charge in [0.15, 0.2) is 0 Å². The molecule has 1 aliphatic rings. The average Bonchev–Trinajstić information content (AvgIpc) is 2.99. The van der Waals surface area contributed by atoms with Gasteiger partial charge < -0.3 is 5.32 Å². The third-order valence-electron chi connectivity index (χ3n) is 4.71. The van der Waals surface area contributed by atoms with Gasteiger partial charge in [0.2, 0.25) is 5.91 Å². The van der Waals surface area contributed by atoms with Crippen LogP contribution >= 0.6 is 15.9 Å². The lowest BCUT2D eigenvalue weighted by molar-refractivity contribution is -0.121. The fraction of sp³-hybridized carbons (Fsp3) is 0.136. The highest BCUT2D eigenvalue weighted by molar-refractivity contribution is 9.10. The number of amides is 2. The summed E-state index contributed by atoms with van der Waals surface area (Å²) in [5, 5.41) is 2.95. The quantitative estimate of drug-likeness (QED) is 0.651. The van der Waals surface area contributed by atoms with Gasteiger partial charge in [0, 0.05) is 22.9 Å². The van der Waals surface area contributed by atoms with Crippen LogP contribution in [0.25, 0.3) is 0 Å². The van der Waals surface area contributed by atoms with Crippen molar-refractivity contribution >= 4 is 33.4 Å². The molecule has 5 nitrogen and oxygen atoms in total. The highest BCUT2D eigenvalue weighted by Crippen LogP contribution is 2.38. The molecule has 28 heavy (non-hydrogen) atoms. The van der Waals surface area contributed by atoms with Gasteiger partial charge in [0.1, 0.15) is 0 Å². The second-order valence-electron chi connectivity index (χ2n) is 6.57. The van der Waals surface area contributed by atoms with Crippen molar-refractivity contribution in [2.75, 3.05) is 4.90 Å². The van der Waals surface area contributed by atoms with Gasteiger partial charge in [0.05, 0.1) is 23.7 Å². The van der Waals surface area contributed by atoms with E-state index in [2.05, 4.69) is 26.2 Å². The normalized spacial score (nSPS) is 15.4. The van der Waals surface area contributed by atoms with Crippen molar-refractivity contribution in [2.45, 2.75) is 19.0 Å². The number of halogens is 1. The first kappa shape index (κ1) is 18.4. The monoisotopic (exact) mass is 435 g/mol. The number of pyridine rings is 1. The zero-order valence-electron chi connectivity index (χ0n) is 15.0. The molecule has 4 rings (SSSR count). The Balaban J connectivity index is 1.55. The smallest absolute Gasteiger partial charge is 0.260 e. The number of nitrogens with one attached hydrogen (secondary N) is 1. The summed E-state index contributed by atoms with van der Waals surface area (Å²) in [7, 11) is 0. The third kappa shape index (κ3) is 3.68. The molecular formula is C22H18BrN3O2. The molecule has 6 heteroatoms. The summed E-state index contributed by atoms with van der Waals surface area (Å²) in [6.07, 6.45) is 1.81. The Hall–Kier alpha value is -2.99. The number of carbonyl (C=O) groups is 2. The molecule has 0 spiro atoms. The van der Waals surface area contributed by atoms with Gasteiger partial charge >= 0.3 is 0 Å². The van der Waals surface area contributed by atoms with E-state index in [1.165, 1.54) is 0 Å². The van der Waals surface area contributed by atoms with Gasteiger partial charge in [-0.25, -0.2) is 0 Å². The van der Waals surface area contributed by atoms with E-state index in [1.54, 1.807) is 23.2 Å². The van der Waals surface area contributed by atoms with E-state index in [9.17, 15) is 9.59 Å². The molecule has 0 radical (unpaired) electrons. The lowest BCUT2D eigenvalue weighted by atomic mass is 10.1. The maximum Gasteiger partial charge on any atom is 0.260 e. The predicted octanol–water partition coefficient (Wildman–Crippen LogP) is 4.25. The van der Waals surface area contributed by atoms with Crippen LogP contribution in [0.1, 0.15) is 34.1 Å². The SMILES string of the molecule is O=C(CC1c2ncccc2C(=O)N1c1ccccc1)NCc1cccc(Br)c1. The van der Waals surface area contributed by atoms with Crippen LogP contribution in [0, 0.1) is 0 Å². The fourth-order valence-electron chi connectivity index (χ4n) is 3.43. The number of hydrogen-bond donors (Lipinski definition) is 1. The minimum Gasteiger partial charge on any atom is -0.352 e. The molecule has 3 aromatic rings. The molecule has 2 heterocycles. The number of benzene rings is 2. The van der Waals surface area contributed by atoms with Gasteiger partial charge in [-0.2, -0.15) is 0 Å². The summed E-state index contributed by atoms with van der Waals surface area (Å²) in [5.74, 6) is -0.253. The van der Waals surface area contributed by atoms with Crippen molar-refractivity contribution in [1.29, 1.82) is 0 Å². The number of aromatic nitrogens is 1. The molecule has 1 aliphatic heterocycles. The van der Waals surface area contributed by atoms with E-state index in [4.69, 9.17) is 0 Å². The maximum atomic E-state index is 13.0. The van der Waals surface area contributed by atoms with E-state index >= 15 is 0 Å². The number of rotatable bonds is 5. The van der Waals surface area contributed by atoms with Crippen molar-refractivity contribution in [1.82, 2.24) is 10.3 Å². The van der Waals surface area contributed by atoms with E-state index in [0.717, 1.165) is 15.7 Å². The van der Waals surface area contributed by atoms with Gasteiger partial charge in [-0.05, 0) is 42.0 Å². The third-order valence-corrected chi connectivity index (χ3v) is 5.20. The van der Waals surface area contributed by atoms with Crippen LogP contribution in [0.15, 0.2) is 77.4 Å². The Morgan fingerprint density at radius 1 is 1.07 bits per heavy atom. The van der Waals surface area contributed by atoms with Crippen molar-refractivity contribution in [3.05, 3.63) is 94.2 Å². The summed E-state index contributed by atoms with van der Waals surface area (Å²) < 4.78 is 0.967. The Morgan fingerprint density at radius 2 is 1.89 bits per heavy atom. The van der Waals surface area contributed by atoms with Crippen LogP contribution in [0.3, 0.4) is 0 Å². The molecule has 140 valence electrons. The van der Waals surface area contributed by atoms with Crippen LogP contribution in [-0.4, -0.2) is 16.8 Å². The molecule has 0 aliphatic carbocycles. The van der Waals surface area contributed by atoms with Gasteiger partial charge in [0.25, 0.3) is 5.91 Å². The summed E-state index contributed by atoms with van der Waals surface area (Å²) in [6, 6.07) is 20.3. The summed E-state index contributed by atoms with van der Waals surface area (Å²) in [4.78, 5) is 31.7. The zero-order chi connectivity index (χ0) is 19.5. The van der Waals surface area contributed by atoms with Crippen molar-refractivity contribution in [3.63, 3.8) is 0 Å². The van der Waals surface area contributed by atoms with E-state index < -0.39 is 6.04 Å². The minimum atomic E-state index is -0.423.